The van der Waals surface area contributed by atoms with Gasteiger partial charge in [0.15, 0.2) is 5.72 Å². The average Bonchev–Trinajstić information content (AvgIpc) is 2.73. The third kappa shape index (κ3) is 4.32. The fraction of sp³-hybridized carbons (Fsp3) is 0.304. The van der Waals surface area contributed by atoms with Gasteiger partial charge in [-0.1, -0.05) is 36.4 Å². The van der Waals surface area contributed by atoms with Gasteiger partial charge in [0.1, 0.15) is 5.75 Å². The topological polar surface area (TPSA) is 67.9 Å². The molecule has 4 rings (SSSR count). The molecule has 0 aromatic heterocycles. The Bertz CT molecular complexity index is 941. The van der Waals surface area contributed by atoms with E-state index in [1.54, 1.807) is 18.2 Å². The highest BCUT2D eigenvalue weighted by molar-refractivity contribution is 5.99. The Hall–Kier alpha value is -3.12. The predicted molar refractivity (Wildman–Crippen MR) is 109 cm³/mol. The van der Waals surface area contributed by atoms with Crippen molar-refractivity contribution < 1.29 is 19.1 Å². The minimum absolute atomic E-state index is 0.152. The van der Waals surface area contributed by atoms with Crippen molar-refractivity contribution in [2.45, 2.75) is 25.1 Å². The second-order valence-electron chi connectivity index (χ2n) is 7.46. The molecule has 0 radical (unpaired) electrons. The Labute approximate surface area is 170 Å². The Morgan fingerprint density at radius 1 is 1.28 bits per heavy atom. The molecule has 0 aliphatic carbocycles. The number of hydrogen-bond donors (Lipinski definition) is 1. The number of methoxy groups -OCH3 is 1. The molecule has 150 valence electrons. The number of benzene rings is 2. The normalized spacial score (nSPS) is 21.5. The number of likely N-dealkylation sites (tertiary alicyclic amines) is 1. The fourth-order valence-electron chi connectivity index (χ4n) is 3.93. The van der Waals surface area contributed by atoms with Crippen molar-refractivity contribution in [2.75, 3.05) is 20.2 Å². The Morgan fingerprint density at radius 3 is 2.90 bits per heavy atom. The lowest BCUT2D eigenvalue weighted by molar-refractivity contribution is -0.134. The molecule has 1 spiro atoms. The first-order chi connectivity index (χ1) is 14.1. The van der Waals surface area contributed by atoms with Gasteiger partial charge < -0.3 is 14.8 Å². The van der Waals surface area contributed by atoms with E-state index in [9.17, 15) is 9.59 Å². The van der Waals surface area contributed by atoms with Crippen molar-refractivity contribution in [3.63, 3.8) is 0 Å². The lowest BCUT2D eigenvalue weighted by Gasteiger charge is -2.45. The summed E-state index contributed by atoms with van der Waals surface area (Å²) in [7, 11) is 1.32. The highest BCUT2D eigenvalue weighted by Gasteiger charge is 2.43. The number of rotatable bonds is 4. The summed E-state index contributed by atoms with van der Waals surface area (Å²) in [6.45, 7) is 2.43. The van der Waals surface area contributed by atoms with E-state index in [2.05, 4.69) is 27.1 Å². The van der Waals surface area contributed by atoms with Crippen LogP contribution in [0.5, 0.6) is 5.75 Å². The molecule has 0 bridgehead atoms. The molecule has 6 nitrogen and oxygen atoms in total. The van der Waals surface area contributed by atoms with E-state index in [1.165, 1.54) is 18.7 Å². The summed E-state index contributed by atoms with van der Waals surface area (Å²) in [5.41, 5.74) is 1.75. The molecule has 1 N–H and O–H groups in total. The van der Waals surface area contributed by atoms with Crippen LogP contribution in [0.1, 0.15) is 34.3 Å². The number of hydrogen-bond acceptors (Lipinski definition) is 5. The summed E-state index contributed by atoms with van der Waals surface area (Å²) < 4.78 is 10.9. The molecule has 2 aromatic rings. The molecular formula is C23H24N2O4. The maximum Gasteiger partial charge on any atom is 0.330 e. The average molecular weight is 392 g/mol. The van der Waals surface area contributed by atoms with Crippen molar-refractivity contribution in [3.05, 3.63) is 71.3 Å². The molecule has 0 saturated carbocycles. The standard InChI is InChI=1S/C23H24N2O4/c1-28-21(26)11-9-17-8-10-20-19(14-17)22(27)24-23(29-20)12-5-13-25(16-23)15-18-6-3-2-4-7-18/h2-4,6-11,14H,5,12-13,15-16H2,1H3,(H,24,27)/b11-9+. The van der Waals surface area contributed by atoms with Crippen LogP contribution in [0, 0.1) is 0 Å². The third-order valence-corrected chi connectivity index (χ3v) is 5.29. The van der Waals surface area contributed by atoms with E-state index in [0.717, 1.165) is 31.5 Å². The van der Waals surface area contributed by atoms with Crippen LogP contribution in [-0.4, -0.2) is 42.7 Å². The van der Waals surface area contributed by atoms with Crippen molar-refractivity contribution in [2.24, 2.45) is 0 Å². The molecule has 1 saturated heterocycles. The largest absolute Gasteiger partial charge is 0.466 e. The van der Waals surface area contributed by atoms with Crippen LogP contribution >= 0.6 is 0 Å². The second kappa shape index (κ2) is 8.09. The van der Waals surface area contributed by atoms with Crippen LogP contribution < -0.4 is 10.1 Å². The minimum atomic E-state index is -0.708. The zero-order valence-electron chi connectivity index (χ0n) is 16.4. The van der Waals surface area contributed by atoms with Gasteiger partial charge in [-0.3, -0.25) is 9.69 Å². The molecule has 2 aliphatic rings. The van der Waals surface area contributed by atoms with Crippen LogP contribution in [0.2, 0.25) is 0 Å². The lowest BCUT2D eigenvalue weighted by atomic mass is 9.97. The first kappa shape index (κ1) is 19.2. The lowest BCUT2D eigenvalue weighted by Crippen LogP contribution is -2.63. The molecular weight excluding hydrogens is 368 g/mol. The number of esters is 1. The van der Waals surface area contributed by atoms with Gasteiger partial charge in [0, 0.05) is 19.0 Å². The number of carbonyl (C=O) groups excluding carboxylic acids is 2. The summed E-state index contributed by atoms with van der Waals surface area (Å²) in [5.74, 6) is -0.0188. The van der Waals surface area contributed by atoms with Crippen LogP contribution in [0.15, 0.2) is 54.6 Å². The van der Waals surface area contributed by atoms with Crippen LogP contribution in [0.25, 0.3) is 6.08 Å². The van der Waals surface area contributed by atoms with E-state index in [-0.39, 0.29) is 5.91 Å². The number of amides is 1. The van der Waals surface area contributed by atoms with Crippen molar-refractivity contribution in [1.82, 2.24) is 10.2 Å². The molecule has 2 heterocycles. The number of ether oxygens (including phenoxy) is 2. The van der Waals surface area contributed by atoms with Crippen molar-refractivity contribution >= 4 is 18.0 Å². The Kier molecular flexibility index (Phi) is 5.36. The molecule has 6 heteroatoms. The Morgan fingerprint density at radius 2 is 2.10 bits per heavy atom. The summed E-state index contributed by atoms with van der Waals surface area (Å²) in [6, 6.07) is 15.7. The van der Waals surface area contributed by atoms with E-state index >= 15 is 0 Å². The van der Waals surface area contributed by atoms with E-state index in [1.807, 2.05) is 24.3 Å². The van der Waals surface area contributed by atoms with Gasteiger partial charge in [-0.25, -0.2) is 4.79 Å². The van der Waals surface area contributed by atoms with Gasteiger partial charge in [-0.2, -0.15) is 0 Å². The maximum absolute atomic E-state index is 12.8. The number of nitrogens with one attached hydrogen (secondary N) is 1. The summed E-state index contributed by atoms with van der Waals surface area (Å²) in [4.78, 5) is 26.4. The number of nitrogens with zero attached hydrogens (tertiary/aromatic N) is 1. The SMILES string of the molecule is COC(=O)/C=C/c1ccc2c(c1)C(=O)NC1(CCCN(Cc3ccccc3)C1)O2. The maximum atomic E-state index is 12.8. The van der Waals surface area contributed by atoms with Gasteiger partial charge in [0.25, 0.3) is 5.91 Å². The minimum Gasteiger partial charge on any atom is -0.466 e. The van der Waals surface area contributed by atoms with Crippen LogP contribution in [0.3, 0.4) is 0 Å². The molecule has 2 aliphatic heterocycles. The molecule has 1 atom stereocenters. The van der Waals surface area contributed by atoms with Gasteiger partial charge >= 0.3 is 5.97 Å². The number of carbonyl (C=O) groups is 2. The van der Waals surface area contributed by atoms with Gasteiger partial charge in [-0.05, 0) is 42.3 Å². The molecule has 2 aromatic carbocycles. The van der Waals surface area contributed by atoms with E-state index < -0.39 is 11.7 Å². The second-order valence-corrected chi connectivity index (χ2v) is 7.46. The third-order valence-electron chi connectivity index (χ3n) is 5.29. The molecule has 1 fully saturated rings. The highest BCUT2D eigenvalue weighted by Crippen LogP contribution is 2.34. The van der Waals surface area contributed by atoms with Gasteiger partial charge in [-0.15, -0.1) is 0 Å². The smallest absolute Gasteiger partial charge is 0.330 e. The van der Waals surface area contributed by atoms with Crippen LogP contribution in [-0.2, 0) is 16.1 Å². The van der Waals surface area contributed by atoms with Crippen molar-refractivity contribution in [3.8, 4) is 5.75 Å². The summed E-state index contributed by atoms with van der Waals surface area (Å²) in [6.07, 6.45) is 4.66. The predicted octanol–water partition coefficient (Wildman–Crippen LogP) is 2.99. The van der Waals surface area contributed by atoms with E-state index in [4.69, 9.17) is 4.74 Å². The van der Waals surface area contributed by atoms with Crippen molar-refractivity contribution in [1.29, 1.82) is 0 Å². The van der Waals surface area contributed by atoms with Gasteiger partial charge in [0.05, 0.1) is 19.2 Å². The highest BCUT2D eigenvalue weighted by atomic mass is 16.5. The molecule has 29 heavy (non-hydrogen) atoms. The fourth-order valence-corrected chi connectivity index (χ4v) is 3.93. The van der Waals surface area contributed by atoms with Crippen LogP contribution in [0.4, 0.5) is 0 Å². The first-order valence-corrected chi connectivity index (χ1v) is 9.75. The quantitative estimate of drug-likeness (QED) is 0.640. The van der Waals surface area contributed by atoms with E-state index in [0.29, 0.717) is 17.9 Å². The monoisotopic (exact) mass is 392 g/mol. The number of piperidine rings is 1. The number of fused-ring (bicyclic) bond motifs is 1. The Balaban J connectivity index is 1.51. The zero-order chi connectivity index (χ0) is 20.3. The summed E-state index contributed by atoms with van der Waals surface area (Å²) >= 11 is 0. The molecule has 1 unspecified atom stereocenters. The zero-order valence-corrected chi connectivity index (χ0v) is 16.4. The van der Waals surface area contributed by atoms with Gasteiger partial charge in [0.2, 0.25) is 0 Å². The summed E-state index contributed by atoms with van der Waals surface area (Å²) in [5, 5.41) is 3.09. The first-order valence-electron chi connectivity index (χ1n) is 9.75. The molecule has 1 amide bonds.